The smallest absolute Gasteiger partial charge is 0.165 e. The van der Waals surface area contributed by atoms with Crippen LogP contribution in [0.2, 0.25) is 0 Å². The first-order valence-corrected chi connectivity index (χ1v) is 4.93. The highest BCUT2D eigenvalue weighted by molar-refractivity contribution is 5.49. The molecule has 0 aromatic heterocycles. The molecule has 0 unspecified atom stereocenters. The Balaban J connectivity index is 4.23. The summed E-state index contributed by atoms with van der Waals surface area (Å²) in [5.41, 5.74) is -0.585. The van der Waals surface area contributed by atoms with Gasteiger partial charge in [-0.05, 0) is 41.5 Å². The van der Waals surface area contributed by atoms with Crippen LogP contribution in [0.4, 0.5) is 0 Å². The van der Waals surface area contributed by atoms with Crippen LogP contribution in [0, 0.1) is 0 Å². The molecule has 0 heterocycles. The Bertz CT molecular complexity index is 158. The molecule has 84 valence electrons. The molecule has 0 amide bonds. The number of hydrogen-bond acceptors (Lipinski definition) is 3. The lowest BCUT2D eigenvalue weighted by Gasteiger charge is -2.31. The van der Waals surface area contributed by atoms with Crippen LogP contribution in [0.1, 0.15) is 48.0 Å². The van der Waals surface area contributed by atoms with Crippen molar-refractivity contribution < 1.29 is 14.3 Å². The van der Waals surface area contributed by atoms with Gasteiger partial charge in [0.15, 0.2) is 6.29 Å². The standard InChI is InChI=1S/C11H22O3/c1-10(2,3)13-9(7-8-12)14-11(4,5)6/h8-9H,7H2,1-6H3. The van der Waals surface area contributed by atoms with Crippen LogP contribution in [0.25, 0.3) is 0 Å². The molecule has 0 rings (SSSR count). The Morgan fingerprint density at radius 2 is 1.36 bits per heavy atom. The summed E-state index contributed by atoms with van der Waals surface area (Å²) < 4.78 is 11.2. The lowest BCUT2D eigenvalue weighted by molar-refractivity contribution is -0.232. The topological polar surface area (TPSA) is 35.5 Å². The van der Waals surface area contributed by atoms with E-state index >= 15 is 0 Å². The van der Waals surface area contributed by atoms with Crippen molar-refractivity contribution in [2.45, 2.75) is 65.5 Å². The highest BCUT2D eigenvalue weighted by Crippen LogP contribution is 2.19. The molecule has 0 N–H and O–H groups in total. The molecule has 0 saturated heterocycles. The van der Waals surface area contributed by atoms with Crippen LogP contribution < -0.4 is 0 Å². The third kappa shape index (κ3) is 8.20. The predicted octanol–water partition coefficient (Wildman–Crippen LogP) is 2.53. The van der Waals surface area contributed by atoms with E-state index < -0.39 is 6.29 Å². The van der Waals surface area contributed by atoms with Crippen molar-refractivity contribution in [2.75, 3.05) is 0 Å². The molecule has 0 aliphatic rings. The van der Waals surface area contributed by atoms with Crippen molar-refractivity contribution in [3.8, 4) is 0 Å². The minimum absolute atomic E-state index is 0.272. The zero-order chi connectivity index (χ0) is 11.4. The van der Waals surface area contributed by atoms with Gasteiger partial charge in [-0.2, -0.15) is 0 Å². The van der Waals surface area contributed by atoms with E-state index in [1.807, 2.05) is 41.5 Å². The number of rotatable bonds is 4. The fraction of sp³-hybridized carbons (Fsp3) is 0.909. The Hall–Kier alpha value is -0.410. The molecule has 0 aromatic rings. The second-order valence-corrected chi connectivity index (χ2v) is 5.29. The molecule has 0 saturated carbocycles. The molecule has 0 spiro atoms. The summed E-state index contributed by atoms with van der Waals surface area (Å²) in [5.74, 6) is 0. The van der Waals surface area contributed by atoms with Gasteiger partial charge in [-0.3, -0.25) is 0 Å². The van der Waals surface area contributed by atoms with Gasteiger partial charge in [0.2, 0.25) is 0 Å². The van der Waals surface area contributed by atoms with E-state index in [-0.39, 0.29) is 17.6 Å². The first-order chi connectivity index (χ1) is 6.14. The van der Waals surface area contributed by atoms with E-state index in [9.17, 15) is 4.79 Å². The summed E-state index contributed by atoms with van der Waals surface area (Å²) in [4.78, 5) is 10.4. The molecule has 3 heteroatoms. The van der Waals surface area contributed by atoms with E-state index in [1.165, 1.54) is 0 Å². The lowest BCUT2D eigenvalue weighted by Crippen LogP contribution is -2.35. The normalized spacial score (nSPS) is 13.4. The molecule has 14 heavy (non-hydrogen) atoms. The predicted molar refractivity (Wildman–Crippen MR) is 56.1 cm³/mol. The summed E-state index contributed by atoms with van der Waals surface area (Å²) in [5, 5.41) is 0. The van der Waals surface area contributed by atoms with Gasteiger partial charge in [0.05, 0.1) is 17.6 Å². The quantitative estimate of drug-likeness (QED) is 0.519. The third-order valence-electron chi connectivity index (χ3n) is 1.26. The monoisotopic (exact) mass is 202 g/mol. The Morgan fingerprint density at radius 3 is 1.57 bits per heavy atom. The third-order valence-corrected chi connectivity index (χ3v) is 1.26. The summed E-state index contributed by atoms with van der Waals surface area (Å²) in [7, 11) is 0. The Morgan fingerprint density at radius 1 is 1.00 bits per heavy atom. The van der Waals surface area contributed by atoms with Gasteiger partial charge in [0.1, 0.15) is 6.29 Å². The molecule has 0 aromatic carbocycles. The molecule has 0 aliphatic carbocycles. The van der Waals surface area contributed by atoms with Crippen molar-refractivity contribution in [1.29, 1.82) is 0 Å². The van der Waals surface area contributed by atoms with Gasteiger partial charge in [-0.25, -0.2) is 0 Å². The highest BCUT2D eigenvalue weighted by atomic mass is 16.7. The van der Waals surface area contributed by atoms with Crippen LogP contribution in [0.15, 0.2) is 0 Å². The molecule has 0 atom stereocenters. The van der Waals surface area contributed by atoms with Gasteiger partial charge in [0, 0.05) is 0 Å². The maximum Gasteiger partial charge on any atom is 0.165 e. The van der Waals surface area contributed by atoms with Gasteiger partial charge in [0.25, 0.3) is 0 Å². The second-order valence-electron chi connectivity index (χ2n) is 5.29. The second kappa shape index (κ2) is 4.89. The van der Waals surface area contributed by atoms with Crippen molar-refractivity contribution in [3.05, 3.63) is 0 Å². The average molecular weight is 202 g/mol. The van der Waals surface area contributed by atoms with Gasteiger partial charge in [-0.15, -0.1) is 0 Å². The van der Waals surface area contributed by atoms with E-state index in [0.717, 1.165) is 6.29 Å². The number of carbonyl (C=O) groups excluding carboxylic acids is 1. The molecule has 0 aliphatic heterocycles. The van der Waals surface area contributed by atoms with Gasteiger partial charge >= 0.3 is 0 Å². The summed E-state index contributed by atoms with van der Waals surface area (Å²) >= 11 is 0. The maximum atomic E-state index is 10.4. The first kappa shape index (κ1) is 13.6. The van der Waals surface area contributed by atoms with Crippen LogP contribution >= 0.6 is 0 Å². The van der Waals surface area contributed by atoms with Gasteiger partial charge < -0.3 is 14.3 Å². The number of carbonyl (C=O) groups is 1. The minimum Gasteiger partial charge on any atom is -0.347 e. The van der Waals surface area contributed by atoms with Crippen LogP contribution in [-0.4, -0.2) is 23.8 Å². The largest absolute Gasteiger partial charge is 0.347 e. The molecule has 0 radical (unpaired) electrons. The Kier molecular flexibility index (Phi) is 4.75. The van der Waals surface area contributed by atoms with E-state index in [0.29, 0.717) is 0 Å². The molecular weight excluding hydrogens is 180 g/mol. The summed E-state index contributed by atoms with van der Waals surface area (Å²) in [6.07, 6.45) is 0.643. The minimum atomic E-state index is -0.451. The van der Waals surface area contributed by atoms with Gasteiger partial charge in [-0.1, -0.05) is 0 Å². The first-order valence-electron chi connectivity index (χ1n) is 4.93. The maximum absolute atomic E-state index is 10.4. The van der Waals surface area contributed by atoms with E-state index in [2.05, 4.69) is 0 Å². The van der Waals surface area contributed by atoms with Crippen LogP contribution in [-0.2, 0) is 14.3 Å². The average Bonchev–Trinajstić information content (AvgIpc) is 1.78. The SMILES string of the molecule is CC(C)(C)OC(CC=O)OC(C)(C)C. The number of aldehydes is 1. The highest BCUT2D eigenvalue weighted by Gasteiger charge is 2.23. The fourth-order valence-electron chi connectivity index (χ4n) is 0.988. The molecule has 3 nitrogen and oxygen atoms in total. The molecular formula is C11H22O3. The van der Waals surface area contributed by atoms with Crippen molar-refractivity contribution in [1.82, 2.24) is 0 Å². The lowest BCUT2D eigenvalue weighted by atomic mass is 10.2. The van der Waals surface area contributed by atoms with E-state index in [1.54, 1.807) is 0 Å². The van der Waals surface area contributed by atoms with Crippen LogP contribution in [0.3, 0.4) is 0 Å². The van der Waals surface area contributed by atoms with E-state index in [4.69, 9.17) is 9.47 Å². The zero-order valence-corrected chi connectivity index (χ0v) is 10.1. The summed E-state index contributed by atoms with van der Waals surface area (Å²) in [6.45, 7) is 11.6. The van der Waals surface area contributed by atoms with Crippen molar-refractivity contribution in [3.63, 3.8) is 0 Å². The zero-order valence-electron chi connectivity index (χ0n) is 10.1. The molecule has 0 bridgehead atoms. The molecule has 0 fully saturated rings. The van der Waals surface area contributed by atoms with Crippen molar-refractivity contribution >= 4 is 6.29 Å². The van der Waals surface area contributed by atoms with Crippen LogP contribution in [0.5, 0.6) is 0 Å². The summed E-state index contributed by atoms with van der Waals surface area (Å²) in [6, 6.07) is 0. The van der Waals surface area contributed by atoms with Crippen molar-refractivity contribution in [2.24, 2.45) is 0 Å². The number of ether oxygens (including phenoxy) is 2. The number of hydrogen-bond donors (Lipinski definition) is 0. The Labute approximate surface area is 86.8 Å². The fourth-order valence-corrected chi connectivity index (χ4v) is 0.988.